The first kappa shape index (κ1) is 14.5. The van der Waals surface area contributed by atoms with Crippen LogP contribution in [-0.2, 0) is 0 Å². The molecule has 0 bridgehead atoms. The first-order valence-corrected chi connectivity index (χ1v) is 6.55. The predicted molar refractivity (Wildman–Crippen MR) is 73.4 cm³/mol. The van der Waals surface area contributed by atoms with Gasteiger partial charge in [-0.2, -0.15) is 0 Å². The van der Waals surface area contributed by atoms with Crippen molar-refractivity contribution in [3.05, 3.63) is 28.2 Å². The maximum absolute atomic E-state index is 9.66. The zero-order valence-electron chi connectivity index (χ0n) is 10.6. The number of rotatable bonds is 6. The van der Waals surface area contributed by atoms with Crippen molar-refractivity contribution in [1.29, 1.82) is 0 Å². The maximum Gasteiger partial charge on any atom is 0.125 e. The molecule has 0 aromatic heterocycles. The van der Waals surface area contributed by atoms with Gasteiger partial charge >= 0.3 is 0 Å². The second-order valence-corrected chi connectivity index (χ2v) is 5.28. The molecule has 1 N–H and O–H groups in total. The van der Waals surface area contributed by atoms with E-state index in [0.29, 0.717) is 6.61 Å². The quantitative estimate of drug-likeness (QED) is 0.820. The van der Waals surface area contributed by atoms with E-state index in [1.165, 1.54) is 0 Å². The predicted octanol–water partition coefficient (Wildman–Crippen LogP) is 2.83. The van der Waals surface area contributed by atoms with Crippen LogP contribution in [0.5, 0.6) is 5.75 Å². The maximum atomic E-state index is 9.66. The Bertz CT molecular complexity index is 353. The molecular weight excluding hydrogens is 282 g/mol. The Hall–Kier alpha value is -0.580. The van der Waals surface area contributed by atoms with Crippen LogP contribution in [0.3, 0.4) is 0 Å². The first-order chi connectivity index (χ1) is 8.00. The summed E-state index contributed by atoms with van der Waals surface area (Å²) in [5.41, 5.74) is 0.823. The van der Waals surface area contributed by atoms with E-state index in [9.17, 15) is 5.11 Å². The molecule has 1 atom stereocenters. The summed E-state index contributed by atoms with van der Waals surface area (Å²) in [6, 6.07) is 5.71. The van der Waals surface area contributed by atoms with E-state index >= 15 is 0 Å². The molecule has 0 aliphatic heterocycles. The third-order valence-corrected chi connectivity index (χ3v) is 2.92. The van der Waals surface area contributed by atoms with Gasteiger partial charge in [0.25, 0.3) is 0 Å². The molecular formula is C13H20BrNO2. The van der Waals surface area contributed by atoms with Crippen LogP contribution in [0.2, 0.25) is 0 Å². The number of hydrogen-bond acceptors (Lipinski definition) is 3. The number of aliphatic hydroxyl groups excluding tert-OH is 1. The summed E-state index contributed by atoms with van der Waals surface area (Å²) in [6.45, 7) is 3.41. The average molecular weight is 302 g/mol. The first-order valence-electron chi connectivity index (χ1n) is 5.75. The lowest BCUT2D eigenvalue weighted by Gasteiger charge is -2.15. The fourth-order valence-electron chi connectivity index (χ4n) is 1.54. The van der Waals surface area contributed by atoms with Crippen molar-refractivity contribution in [2.24, 2.45) is 0 Å². The third kappa shape index (κ3) is 5.06. The van der Waals surface area contributed by atoms with Crippen LogP contribution < -0.4 is 4.74 Å². The summed E-state index contributed by atoms with van der Waals surface area (Å²) in [7, 11) is 4.09. The highest BCUT2D eigenvalue weighted by atomic mass is 79.9. The summed E-state index contributed by atoms with van der Waals surface area (Å²) in [6.07, 6.45) is 0.457. The molecule has 0 amide bonds. The van der Waals surface area contributed by atoms with Gasteiger partial charge in [-0.25, -0.2) is 0 Å². The molecule has 0 fully saturated rings. The van der Waals surface area contributed by atoms with Crippen LogP contribution in [0.15, 0.2) is 22.7 Å². The van der Waals surface area contributed by atoms with Gasteiger partial charge in [-0.05, 0) is 45.6 Å². The van der Waals surface area contributed by atoms with Crippen LogP contribution in [0.4, 0.5) is 0 Å². The normalized spacial score (nSPS) is 12.8. The molecule has 17 heavy (non-hydrogen) atoms. The molecule has 4 heteroatoms. The lowest BCUT2D eigenvalue weighted by molar-refractivity contribution is 0.190. The van der Waals surface area contributed by atoms with Gasteiger partial charge in [0.15, 0.2) is 0 Å². The van der Waals surface area contributed by atoms with Gasteiger partial charge in [-0.1, -0.05) is 15.9 Å². The largest absolute Gasteiger partial charge is 0.493 e. The van der Waals surface area contributed by atoms with Crippen molar-refractivity contribution in [3.8, 4) is 5.75 Å². The minimum atomic E-state index is -0.517. The number of nitrogens with zero attached hydrogens (tertiary/aromatic N) is 1. The van der Waals surface area contributed by atoms with Crippen molar-refractivity contribution in [3.63, 3.8) is 0 Å². The van der Waals surface area contributed by atoms with E-state index in [4.69, 9.17) is 4.74 Å². The highest BCUT2D eigenvalue weighted by Crippen LogP contribution is 2.28. The Kier molecular flexibility index (Phi) is 5.95. The molecule has 96 valence electrons. The zero-order valence-corrected chi connectivity index (χ0v) is 12.2. The molecule has 0 unspecified atom stereocenters. The van der Waals surface area contributed by atoms with Crippen LogP contribution in [0.1, 0.15) is 25.0 Å². The summed E-state index contributed by atoms with van der Waals surface area (Å²) >= 11 is 3.39. The van der Waals surface area contributed by atoms with E-state index in [1.807, 2.05) is 32.3 Å². The van der Waals surface area contributed by atoms with Gasteiger partial charge in [-0.3, -0.25) is 0 Å². The fraction of sp³-hybridized carbons (Fsp3) is 0.538. The average Bonchev–Trinajstić information content (AvgIpc) is 2.25. The van der Waals surface area contributed by atoms with Gasteiger partial charge in [0.1, 0.15) is 5.75 Å². The van der Waals surface area contributed by atoms with E-state index in [2.05, 4.69) is 20.8 Å². The summed E-state index contributed by atoms with van der Waals surface area (Å²) in [4.78, 5) is 2.13. The lowest BCUT2D eigenvalue weighted by Crippen LogP contribution is -2.15. The van der Waals surface area contributed by atoms with Gasteiger partial charge in [0.05, 0.1) is 12.7 Å². The molecule has 0 aliphatic rings. The molecule has 0 heterocycles. The van der Waals surface area contributed by atoms with Gasteiger partial charge < -0.3 is 14.7 Å². The molecule has 0 radical (unpaired) electrons. The second-order valence-electron chi connectivity index (χ2n) is 4.36. The minimum Gasteiger partial charge on any atom is -0.493 e. The summed E-state index contributed by atoms with van der Waals surface area (Å²) < 4.78 is 6.65. The van der Waals surface area contributed by atoms with E-state index in [1.54, 1.807) is 6.92 Å². The Morgan fingerprint density at radius 3 is 2.71 bits per heavy atom. The Morgan fingerprint density at radius 2 is 2.12 bits per heavy atom. The highest BCUT2D eigenvalue weighted by molar-refractivity contribution is 9.10. The molecule has 0 saturated carbocycles. The van der Waals surface area contributed by atoms with Crippen molar-refractivity contribution in [2.45, 2.75) is 19.4 Å². The molecule has 3 nitrogen and oxygen atoms in total. The zero-order chi connectivity index (χ0) is 12.8. The van der Waals surface area contributed by atoms with Gasteiger partial charge in [-0.15, -0.1) is 0 Å². The Morgan fingerprint density at radius 1 is 1.41 bits per heavy atom. The van der Waals surface area contributed by atoms with Crippen LogP contribution in [-0.4, -0.2) is 37.3 Å². The van der Waals surface area contributed by atoms with Crippen LogP contribution >= 0.6 is 15.9 Å². The van der Waals surface area contributed by atoms with Crippen molar-refractivity contribution >= 4 is 15.9 Å². The second kappa shape index (κ2) is 6.99. The molecule has 0 aliphatic carbocycles. The Labute approximate surface area is 112 Å². The SMILES string of the molecule is C[C@H](O)c1cc(Br)ccc1OCCCN(C)C. The minimum absolute atomic E-state index is 0.517. The molecule has 0 saturated heterocycles. The van der Waals surface area contributed by atoms with Crippen LogP contribution in [0.25, 0.3) is 0 Å². The van der Waals surface area contributed by atoms with Crippen molar-refractivity contribution in [1.82, 2.24) is 4.90 Å². The van der Waals surface area contributed by atoms with E-state index in [-0.39, 0.29) is 0 Å². The summed E-state index contributed by atoms with van der Waals surface area (Å²) in [5, 5.41) is 9.66. The number of halogens is 1. The van der Waals surface area contributed by atoms with Gasteiger partial charge in [0.2, 0.25) is 0 Å². The lowest BCUT2D eigenvalue weighted by atomic mass is 10.1. The van der Waals surface area contributed by atoms with E-state index < -0.39 is 6.10 Å². The van der Waals surface area contributed by atoms with Gasteiger partial charge in [0, 0.05) is 16.6 Å². The highest BCUT2D eigenvalue weighted by Gasteiger charge is 2.09. The summed E-state index contributed by atoms with van der Waals surface area (Å²) in [5.74, 6) is 0.766. The smallest absolute Gasteiger partial charge is 0.125 e. The van der Waals surface area contributed by atoms with Crippen molar-refractivity contribution in [2.75, 3.05) is 27.2 Å². The van der Waals surface area contributed by atoms with E-state index in [0.717, 1.165) is 28.8 Å². The number of ether oxygens (including phenoxy) is 1. The fourth-order valence-corrected chi connectivity index (χ4v) is 1.92. The molecule has 1 rings (SSSR count). The molecule has 1 aromatic carbocycles. The number of benzene rings is 1. The Balaban J connectivity index is 2.58. The molecule has 1 aromatic rings. The number of hydrogen-bond donors (Lipinski definition) is 1. The third-order valence-electron chi connectivity index (χ3n) is 2.43. The monoisotopic (exact) mass is 301 g/mol. The number of aliphatic hydroxyl groups is 1. The van der Waals surface area contributed by atoms with Crippen molar-refractivity contribution < 1.29 is 9.84 Å². The van der Waals surface area contributed by atoms with Crippen LogP contribution in [0, 0.1) is 0 Å². The topological polar surface area (TPSA) is 32.7 Å². The standard InChI is InChI=1S/C13H20BrNO2/c1-10(16)12-9-11(14)5-6-13(12)17-8-4-7-15(2)3/h5-6,9-10,16H,4,7-8H2,1-3H3/t10-/m0/s1. The molecule has 0 spiro atoms.